The van der Waals surface area contributed by atoms with Gasteiger partial charge in [-0.3, -0.25) is 5.32 Å². The summed E-state index contributed by atoms with van der Waals surface area (Å²) in [6, 6.07) is 15.8. The van der Waals surface area contributed by atoms with Crippen LogP contribution in [0.25, 0.3) is 5.69 Å². The van der Waals surface area contributed by atoms with Crippen molar-refractivity contribution in [2.45, 2.75) is 6.92 Å². The van der Waals surface area contributed by atoms with Gasteiger partial charge in [0.25, 0.3) is 0 Å². The van der Waals surface area contributed by atoms with Gasteiger partial charge in [-0.2, -0.15) is 5.10 Å². The molecule has 0 atom stereocenters. The van der Waals surface area contributed by atoms with E-state index in [4.69, 9.17) is 23.2 Å². The quantitative estimate of drug-likeness (QED) is 0.679. The lowest BCUT2D eigenvalue weighted by Crippen LogP contribution is -2.21. The van der Waals surface area contributed by atoms with Crippen LogP contribution in [0.3, 0.4) is 0 Å². The van der Waals surface area contributed by atoms with E-state index in [-0.39, 0.29) is 0 Å². The highest BCUT2D eigenvalue weighted by Crippen LogP contribution is 2.23. The molecule has 0 unspecified atom stereocenters. The summed E-state index contributed by atoms with van der Waals surface area (Å²) in [5.41, 5.74) is 2.15. The van der Waals surface area contributed by atoms with E-state index in [2.05, 4.69) is 15.7 Å². The maximum absolute atomic E-state index is 12.2. The number of carbonyl (C=O) groups is 1. The van der Waals surface area contributed by atoms with E-state index >= 15 is 0 Å². The summed E-state index contributed by atoms with van der Waals surface area (Å²) in [7, 11) is 0. The molecule has 3 aromatic rings. The molecule has 1 heterocycles. The third-order valence-electron chi connectivity index (χ3n) is 3.19. The summed E-state index contributed by atoms with van der Waals surface area (Å²) in [6.07, 6.45) is 0. The maximum Gasteiger partial charge on any atom is 0.324 e. The van der Waals surface area contributed by atoms with Gasteiger partial charge in [0.2, 0.25) is 0 Å². The lowest BCUT2D eigenvalue weighted by atomic mass is 10.3. The van der Waals surface area contributed by atoms with Crippen molar-refractivity contribution in [3.05, 3.63) is 70.3 Å². The molecular formula is C17H14Cl2N4O. The molecule has 0 spiro atoms. The van der Waals surface area contributed by atoms with Crippen molar-refractivity contribution in [1.29, 1.82) is 0 Å². The Balaban J connectivity index is 1.80. The number of rotatable bonds is 3. The molecule has 2 aromatic carbocycles. The summed E-state index contributed by atoms with van der Waals surface area (Å²) < 4.78 is 1.67. The van der Waals surface area contributed by atoms with E-state index in [1.165, 1.54) is 0 Å². The molecule has 2 N–H and O–H groups in total. The molecule has 1 aromatic heterocycles. The third kappa shape index (κ3) is 3.88. The molecule has 2 amide bonds. The SMILES string of the molecule is Cc1cc(NC(=O)Nc2cc(Cl)cc(Cl)c2)n(-c2ccccc2)n1. The van der Waals surface area contributed by atoms with Gasteiger partial charge in [-0.15, -0.1) is 0 Å². The monoisotopic (exact) mass is 360 g/mol. The number of nitrogens with zero attached hydrogens (tertiary/aromatic N) is 2. The van der Waals surface area contributed by atoms with Gasteiger partial charge in [0.05, 0.1) is 11.4 Å². The number of hydrogen-bond donors (Lipinski definition) is 2. The van der Waals surface area contributed by atoms with Crippen LogP contribution in [0.2, 0.25) is 10.0 Å². The Kier molecular flexibility index (Phi) is 4.74. The lowest BCUT2D eigenvalue weighted by Gasteiger charge is -2.10. The van der Waals surface area contributed by atoms with Crippen molar-refractivity contribution in [3.8, 4) is 5.69 Å². The number of amides is 2. The lowest BCUT2D eigenvalue weighted by molar-refractivity contribution is 0.262. The molecule has 0 aliphatic rings. The van der Waals surface area contributed by atoms with E-state index in [0.29, 0.717) is 21.6 Å². The van der Waals surface area contributed by atoms with Crippen LogP contribution in [-0.2, 0) is 0 Å². The normalized spacial score (nSPS) is 10.5. The first kappa shape index (κ1) is 16.4. The zero-order valence-electron chi connectivity index (χ0n) is 12.8. The van der Waals surface area contributed by atoms with Crippen molar-refractivity contribution >= 4 is 40.7 Å². The van der Waals surface area contributed by atoms with Crippen molar-refractivity contribution < 1.29 is 4.79 Å². The number of carbonyl (C=O) groups excluding carboxylic acids is 1. The molecule has 5 nitrogen and oxygen atoms in total. The Morgan fingerprint density at radius 2 is 1.67 bits per heavy atom. The number of urea groups is 1. The Hall–Kier alpha value is -2.50. The molecule has 0 fully saturated rings. The zero-order valence-corrected chi connectivity index (χ0v) is 14.3. The predicted octanol–water partition coefficient (Wildman–Crippen LogP) is 5.13. The van der Waals surface area contributed by atoms with Crippen LogP contribution in [0.5, 0.6) is 0 Å². The Bertz CT molecular complexity index is 857. The summed E-state index contributed by atoms with van der Waals surface area (Å²) in [6.45, 7) is 1.86. The van der Waals surface area contributed by atoms with Crippen LogP contribution < -0.4 is 10.6 Å². The van der Waals surface area contributed by atoms with Crippen LogP contribution in [0.1, 0.15) is 5.69 Å². The number of para-hydroxylation sites is 1. The van der Waals surface area contributed by atoms with Crippen molar-refractivity contribution in [1.82, 2.24) is 9.78 Å². The number of anilines is 2. The van der Waals surface area contributed by atoms with Gasteiger partial charge in [0, 0.05) is 21.8 Å². The van der Waals surface area contributed by atoms with E-state index in [0.717, 1.165) is 11.4 Å². The highest BCUT2D eigenvalue weighted by Gasteiger charge is 2.11. The molecule has 0 aliphatic heterocycles. The van der Waals surface area contributed by atoms with Crippen molar-refractivity contribution in [2.75, 3.05) is 10.6 Å². The highest BCUT2D eigenvalue weighted by molar-refractivity contribution is 6.35. The summed E-state index contributed by atoms with van der Waals surface area (Å²) in [5, 5.41) is 10.8. The molecule has 0 radical (unpaired) electrons. The van der Waals surface area contributed by atoms with Crippen LogP contribution in [-0.4, -0.2) is 15.8 Å². The summed E-state index contributed by atoms with van der Waals surface area (Å²) >= 11 is 11.9. The van der Waals surface area contributed by atoms with E-state index in [1.54, 1.807) is 28.9 Å². The minimum atomic E-state index is -0.412. The molecule has 3 rings (SSSR count). The topological polar surface area (TPSA) is 59.0 Å². The fourth-order valence-electron chi connectivity index (χ4n) is 2.26. The number of aromatic nitrogens is 2. The maximum atomic E-state index is 12.2. The molecule has 0 saturated heterocycles. The number of aryl methyl sites for hydroxylation is 1. The van der Waals surface area contributed by atoms with Crippen LogP contribution in [0.4, 0.5) is 16.3 Å². The van der Waals surface area contributed by atoms with Crippen LogP contribution in [0, 0.1) is 6.92 Å². The van der Waals surface area contributed by atoms with Gasteiger partial charge in [-0.05, 0) is 37.3 Å². The largest absolute Gasteiger partial charge is 0.324 e. The van der Waals surface area contributed by atoms with Gasteiger partial charge in [-0.25, -0.2) is 9.48 Å². The van der Waals surface area contributed by atoms with Gasteiger partial charge in [0.15, 0.2) is 0 Å². The fraction of sp³-hybridized carbons (Fsp3) is 0.0588. The Morgan fingerprint density at radius 1 is 1.00 bits per heavy atom. The average Bonchev–Trinajstić information content (AvgIpc) is 2.87. The van der Waals surface area contributed by atoms with Gasteiger partial charge < -0.3 is 5.32 Å². The number of hydrogen-bond acceptors (Lipinski definition) is 2. The molecule has 0 aliphatic carbocycles. The second-order valence-corrected chi connectivity index (χ2v) is 6.03. The van der Waals surface area contributed by atoms with Crippen molar-refractivity contribution in [2.24, 2.45) is 0 Å². The second kappa shape index (κ2) is 6.95. The minimum Gasteiger partial charge on any atom is -0.308 e. The first-order valence-corrected chi connectivity index (χ1v) is 7.93. The standard InChI is InChI=1S/C17H14Cl2N4O/c1-11-7-16(23(22-11)15-5-3-2-4-6-15)21-17(24)20-14-9-12(18)8-13(19)10-14/h2-10H,1H3,(H2,20,21,24). The molecule has 7 heteroatoms. The zero-order chi connectivity index (χ0) is 17.1. The van der Waals surface area contributed by atoms with Crippen molar-refractivity contribution in [3.63, 3.8) is 0 Å². The number of benzene rings is 2. The molecule has 0 saturated carbocycles. The fourth-order valence-corrected chi connectivity index (χ4v) is 2.79. The van der Waals surface area contributed by atoms with Crippen LogP contribution >= 0.6 is 23.2 Å². The van der Waals surface area contributed by atoms with E-state index in [1.807, 2.05) is 37.3 Å². The average molecular weight is 361 g/mol. The molecule has 0 bridgehead atoms. The van der Waals surface area contributed by atoms with Crippen LogP contribution in [0.15, 0.2) is 54.6 Å². The summed E-state index contributed by atoms with van der Waals surface area (Å²) in [4.78, 5) is 12.2. The molecular weight excluding hydrogens is 347 g/mol. The Morgan fingerprint density at radius 3 is 2.33 bits per heavy atom. The second-order valence-electron chi connectivity index (χ2n) is 5.16. The first-order valence-electron chi connectivity index (χ1n) is 7.17. The van der Waals surface area contributed by atoms with E-state index < -0.39 is 6.03 Å². The summed E-state index contributed by atoms with van der Waals surface area (Å²) in [5.74, 6) is 0.560. The molecule has 24 heavy (non-hydrogen) atoms. The number of halogens is 2. The molecule has 122 valence electrons. The van der Waals surface area contributed by atoms with Gasteiger partial charge in [-0.1, -0.05) is 41.4 Å². The third-order valence-corrected chi connectivity index (χ3v) is 3.63. The minimum absolute atomic E-state index is 0.412. The Labute approximate surface area is 149 Å². The van der Waals surface area contributed by atoms with Gasteiger partial charge in [0.1, 0.15) is 5.82 Å². The predicted molar refractivity (Wildman–Crippen MR) is 97.4 cm³/mol. The highest BCUT2D eigenvalue weighted by atomic mass is 35.5. The van der Waals surface area contributed by atoms with E-state index in [9.17, 15) is 4.79 Å². The van der Waals surface area contributed by atoms with Gasteiger partial charge >= 0.3 is 6.03 Å². The smallest absolute Gasteiger partial charge is 0.308 e. The first-order chi connectivity index (χ1) is 11.5. The number of nitrogens with one attached hydrogen (secondary N) is 2.